The van der Waals surface area contributed by atoms with Crippen molar-refractivity contribution in [1.29, 1.82) is 0 Å². The zero-order valence-corrected chi connectivity index (χ0v) is 22.1. The molecule has 0 saturated carbocycles. The van der Waals surface area contributed by atoms with Gasteiger partial charge in [0.05, 0.1) is 37.3 Å². The van der Waals surface area contributed by atoms with Gasteiger partial charge in [-0.3, -0.25) is 14.9 Å². The minimum atomic E-state index is -3.80. The van der Waals surface area contributed by atoms with E-state index in [2.05, 4.69) is 15.3 Å². The topological polar surface area (TPSA) is 119 Å². The lowest BCUT2D eigenvalue weighted by Crippen LogP contribution is -2.42. The standard InChI is InChI=1S/C24H24N4O5S3/c1-3-33-23(30)16-5-4-12-28(13-16)36(31,32)17-8-6-15(7-9-17)22(29)27-24-26-20-19(35-24)11-10-18-21(20)34-14(2)25-18/h6-11,16H,3-5,12-13H2,1-2H3,(H,26,27,29). The van der Waals surface area contributed by atoms with E-state index in [1.807, 2.05) is 19.1 Å². The first-order valence-corrected chi connectivity index (χ1v) is 14.6. The lowest BCUT2D eigenvalue weighted by Gasteiger charge is -2.30. The number of esters is 1. The van der Waals surface area contributed by atoms with Crippen molar-refractivity contribution in [3.05, 3.63) is 47.0 Å². The number of rotatable bonds is 6. The van der Waals surface area contributed by atoms with Gasteiger partial charge < -0.3 is 4.74 Å². The number of anilines is 1. The van der Waals surface area contributed by atoms with Crippen LogP contribution < -0.4 is 5.32 Å². The van der Waals surface area contributed by atoms with E-state index in [9.17, 15) is 18.0 Å². The molecule has 1 aliphatic heterocycles. The van der Waals surface area contributed by atoms with Crippen LogP contribution in [0.5, 0.6) is 0 Å². The molecule has 1 amide bonds. The van der Waals surface area contributed by atoms with Gasteiger partial charge in [-0.15, -0.1) is 11.3 Å². The average Bonchev–Trinajstić information content (AvgIpc) is 3.46. The maximum Gasteiger partial charge on any atom is 0.310 e. The molecule has 1 saturated heterocycles. The number of nitrogens with zero attached hydrogens (tertiary/aromatic N) is 3. The molecule has 188 valence electrons. The fourth-order valence-electron chi connectivity index (χ4n) is 4.25. The summed E-state index contributed by atoms with van der Waals surface area (Å²) in [5.41, 5.74) is 2.00. The van der Waals surface area contributed by atoms with Crippen LogP contribution in [0.1, 0.15) is 35.1 Å². The van der Waals surface area contributed by atoms with Crippen molar-refractivity contribution in [3.8, 4) is 0 Å². The molecule has 36 heavy (non-hydrogen) atoms. The zero-order valence-electron chi connectivity index (χ0n) is 19.7. The first-order valence-electron chi connectivity index (χ1n) is 11.5. The summed E-state index contributed by atoms with van der Waals surface area (Å²) in [6.45, 7) is 4.36. The summed E-state index contributed by atoms with van der Waals surface area (Å²) < 4.78 is 34.6. The fraction of sp³-hybridized carbons (Fsp3) is 0.333. The SMILES string of the molecule is CCOC(=O)C1CCCN(S(=O)(=O)c2ccc(C(=O)Nc3nc4c(ccc5nc(C)sc54)s3)cc2)C1. The van der Waals surface area contributed by atoms with Crippen LogP contribution in [-0.2, 0) is 19.6 Å². The molecular weight excluding hydrogens is 520 g/mol. The molecule has 1 aliphatic rings. The Balaban J connectivity index is 1.31. The van der Waals surface area contributed by atoms with Crippen LogP contribution in [0, 0.1) is 12.8 Å². The Labute approximate surface area is 216 Å². The van der Waals surface area contributed by atoms with Crippen molar-refractivity contribution in [1.82, 2.24) is 14.3 Å². The molecule has 1 fully saturated rings. The lowest BCUT2D eigenvalue weighted by atomic mass is 10.0. The summed E-state index contributed by atoms with van der Waals surface area (Å²) in [4.78, 5) is 34.1. The second-order valence-electron chi connectivity index (χ2n) is 8.45. The molecule has 3 heterocycles. The van der Waals surface area contributed by atoms with Crippen LogP contribution in [0.2, 0.25) is 0 Å². The molecule has 12 heteroatoms. The minimum absolute atomic E-state index is 0.0755. The number of aromatic nitrogens is 2. The number of benzene rings is 2. The Morgan fingerprint density at radius 1 is 1.14 bits per heavy atom. The summed E-state index contributed by atoms with van der Waals surface area (Å²) in [7, 11) is -3.80. The van der Waals surface area contributed by atoms with E-state index in [0.29, 0.717) is 30.1 Å². The molecule has 2 aromatic carbocycles. The third kappa shape index (κ3) is 4.73. The van der Waals surface area contributed by atoms with Crippen LogP contribution in [-0.4, -0.2) is 54.3 Å². The molecule has 9 nitrogen and oxygen atoms in total. The number of nitrogens with one attached hydrogen (secondary N) is 1. The average molecular weight is 545 g/mol. The molecule has 5 rings (SSSR count). The predicted molar refractivity (Wildman–Crippen MR) is 140 cm³/mol. The third-order valence-corrected chi connectivity index (χ3v) is 9.81. The molecule has 1 unspecified atom stereocenters. The van der Waals surface area contributed by atoms with E-state index in [-0.39, 0.29) is 29.9 Å². The Morgan fingerprint density at radius 3 is 2.67 bits per heavy atom. The Kier molecular flexibility index (Phi) is 6.77. The highest BCUT2D eigenvalue weighted by Crippen LogP contribution is 2.35. The second-order valence-corrected chi connectivity index (χ2v) is 12.6. The summed E-state index contributed by atoms with van der Waals surface area (Å²) in [6, 6.07) is 9.68. The number of thiazole rings is 2. The van der Waals surface area contributed by atoms with E-state index in [1.165, 1.54) is 39.9 Å². The van der Waals surface area contributed by atoms with Crippen LogP contribution in [0.15, 0.2) is 41.3 Å². The minimum Gasteiger partial charge on any atom is -0.466 e. The van der Waals surface area contributed by atoms with Crippen LogP contribution in [0.25, 0.3) is 20.4 Å². The normalized spacial score (nSPS) is 16.9. The molecule has 0 bridgehead atoms. The van der Waals surface area contributed by atoms with E-state index >= 15 is 0 Å². The number of aryl methyl sites for hydroxylation is 1. The van der Waals surface area contributed by atoms with Crippen molar-refractivity contribution in [2.45, 2.75) is 31.6 Å². The fourth-order valence-corrected chi connectivity index (χ4v) is 7.62. The van der Waals surface area contributed by atoms with E-state index in [0.717, 1.165) is 25.4 Å². The first-order chi connectivity index (χ1) is 17.3. The molecule has 1 N–H and O–H groups in total. The highest BCUT2D eigenvalue weighted by atomic mass is 32.2. The highest BCUT2D eigenvalue weighted by molar-refractivity contribution is 7.89. The molecule has 2 aromatic heterocycles. The Morgan fingerprint density at radius 2 is 1.92 bits per heavy atom. The van der Waals surface area contributed by atoms with Gasteiger partial charge in [-0.2, -0.15) is 4.31 Å². The molecule has 4 aromatic rings. The number of carbonyl (C=O) groups is 2. The molecule has 1 atom stereocenters. The summed E-state index contributed by atoms with van der Waals surface area (Å²) >= 11 is 2.94. The van der Waals surface area contributed by atoms with Crippen LogP contribution in [0.4, 0.5) is 5.13 Å². The quantitative estimate of drug-likeness (QED) is 0.357. The van der Waals surface area contributed by atoms with E-state index in [1.54, 1.807) is 18.3 Å². The second kappa shape index (κ2) is 9.85. The number of hydrogen-bond acceptors (Lipinski definition) is 9. The predicted octanol–water partition coefficient (Wildman–Crippen LogP) is 4.43. The number of amides is 1. The maximum atomic E-state index is 13.2. The van der Waals surface area contributed by atoms with Crippen LogP contribution in [0.3, 0.4) is 0 Å². The largest absolute Gasteiger partial charge is 0.466 e. The van der Waals surface area contributed by atoms with Crippen molar-refractivity contribution < 1.29 is 22.7 Å². The van der Waals surface area contributed by atoms with Gasteiger partial charge in [0.25, 0.3) is 5.91 Å². The number of sulfonamides is 1. The summed E-state index contributed by atoms with van der Waals surface area (Å²) in [6.07, 6.45) is 1.18. The van der Waals surface area contributed by atoms with Gasteiger partial charge in [0.2, 0.25) is 10.0 Å². The van der Waals surface area contributed by atoms with E-state index in [4.69, 9.17) is 4.74 Å². The van der Waals surface area contributed by atoms with Crippen molar-refractivity contribution >= 4 is 70.1 Å². The number of piperidine rings is 1. The zero-order chi connectivity index (χ0) is 25.4. The lowest BCUT2D eigenvalue weighted by molar-refractivity contribution is -0.149. The molecular formula is C24H24N4O5S3. The Hall–Kier alpha value is -2.93. The molecule has 0 spiro atoms. The summed E-state index contributed by atoms with van der Waals surface area (Å²) in [5, 5.41) is 4.23. The highest BCUT2D eigenvalue weighted by Gasteiger charge is 2.34. The summed E-state index contributed by atoms with van der Waals surface area (Å²) in [5.74, 6) is -1.22. The van der Waals surface area contributed by atoms with Gasteiger partial charge in [0.15, 0.2) is 5.13 Å². The maximum absolute atomic E-state index is 13.2. The van der Waals surface area contributed by atoms with Gasteiger partial charge in [-0.1, -0.05) is 11.3 Å². The van der Waals surface area contributed by atoms with Gasteiger partial charge in [-0.05, 0) is 63.1 Å². The van der Waals surface area contributed by atoms with Gasteiger partial charge in [-0.25, -0.2) is 18.4 Å². The number of ether oxygens (including phenoxy) is 1. The smallest absolute Gasteiger partial charge is 0.310 e. The molecule has 0 aliphatic carbocycles. The Bertz CT molecular complexity index is 1560. The van der Waals surface area contributed by atoms with E-state index < -0.39 is 15.9 Å². The number of hydrogen-bond donors (Lipinski definition) is 1. The molecule has 0 radical (unpaired) electrons. The van der Waals surface area contributed by atoms with Crippen molar-refractivity contribution in [2.24, 2.45) is 5.92 Å². The van der Waals surface area contributed by atoms with Gasteiger partial charge >= 0.3 is 5.97 Å². The monoisotopic (exact) mass is 544 g/mol. The third-order valence-electron chi connectivity index (χ3n) is 6.00. The number of carbonyl (C=O) groups excluding carboxylic acids is 2. The number of fused-ring (bicyclic) bond motifs is 3. The van der Waals surface area contributed by atoms with Crippen LogP contribution >= 0.6 is 22.7 Å². The van der Waals surface area contributed by atoms with Crippen molar-refractivity contribution in [2.75, 3.05) is 25.0 Å². The van der Waals surface area contributed by atoms with Crippen molar-refractivity contribution in [3.63, 3.8) is 0 Å². The van der Waals surface area contributed by atoms with Gasteiger partial charge in [0, 0.05) is 18.7 Å². The first kappa shape index (κ1) is 24.8. The van der Waals surface area contributed by atoms with Gasteiger partial charge in [0.1, 0.15) is 5.52 Å².